The fourth-order valence-electron chi connectivity index (χ4n) is 1.67. The van der Waals surface area contributed by atoms with Crippen LogP contribution >= 0.6 is 12.2 Å². The van der Waals surface area contributed by atoms with Crippen molar-refractivity contribution in [1.29, 1.82) is 0 Å². The predicted octanol–water partition coefficient (Wildman–Crippen LogP) is 3.87. The van der Waals surface area contributed by atoms with Crippen molar-refractivity contribution in [3.63, 3.8) is 0 Å². The monoisotopic (exact) mass is 275 g/mol. The van der Waals surface area contributed by atoms with Gasteiger partial charge in [-0.3, -0.25) is 0 Å². The Bertz CT molecular complexity index is 640. The van der Waals surface area contributed by atoms with Gasteiger partial charge < -0.3 is 10.5 Å². The van der Waals surface area contributed by atoms with Gasteiger partial charge in [-0.2, -0.15) is 0 Å². The molecular weight excluding hydrogens is 261 g/mol. The Balaban J connectivity index is 2.33. The largest absolute Gasteiger partial charge is 0.454 e. The summed E-state index contributed by atoms with van der Waals surface area (Å²) in [5.41, 5.74) is 7.94. The van der Waals surface area contributed by atoms with Crippen LogP contribution in [0, 0.1) is 19.7 Å². The summed E-state index contributed by atoms with van der Waals surface area (Å²) < 4.78 is 19.5. The lowest BCUT2D eigenvalue weighted by Crippen LogP contribution is -2.09. The van der Waals surface area contributed by atoms with E-state index in [1.54, 1.807) is 6.07 Å². The molecule has 0 saturated heterocycles. The zero-order valence-electron chi connectivity index (χ0n) is 10.7. The third-order valence-corrected chi connectivity index (χ3v) is 3.02. The fourth-order valence-corrected chi connectivity index (χ4v) is 1.80. The van der Waals surface area contributed by atoms with Crippen molar-refractivity contribution in [3.05, 3.63) is 58.9 Å². The molecular formula is C15H14FNOS. The van der Waals surface area contributed by atoms with Crippen LogP contribution < -0.4 is 10.5 Å². The Morgan fingerprint density at radius 2 is 1.84 bits per heavy atom. The van der Waals surface area contributed by atoms with Gasteiger partial charge in [0.2, 0.25) is 0 Å². The van der Waals surface area contributed by atoms with E-state index in [2.05, 4.69) is 0 Å². The highest BCUT2D eigenvalue weighted by molar-refractivity contribution is 7.80. The second kappa shape index (κ2) is 5.36. The van der Waals surface area contributed by atoms with Crippen molar-refractivity contribution >= 4 is 17.2 Å². The Labute approximate surface area is 117 Å². The van der Waals surface area contributed by atoms with Crippen LogP contribution in [0.5, 0.6) is 11.5 Å². The normalized spacial score (nSPS) is 10.3. The van der Waals surface area contributed by atoms with Gasteiger partial charge >= 0.3 is 0 Å². The van der Waals surface area contributed by atoms with Crippen LogP contribution in [0.1, 0.15) is 16.7 Å². The average molecular weight is 275 g/mol. The summed E-state index contributed by atoms with van der Waals surface area (Å²) in [4.78, 5) is 0.164. The van der Waals surface area contributed by atoms with Gasteiger partial charge in [-0.1, -0.05) is 24.4 Å². The molecule has 0 aliphatic rings. The minimum Gasteiger partial charge on any atom is -0.454 e. The lowest BCUT2D eigenvalue weighted by atomic mass is 10.1. The Morgan fingerprint density at radius 3 is 2.47 bits per heavy atom. The first-order valence-electron chi connectivity index (χ1n) is 5.82. The quantitative estimate of drug-likeness (QED) is 0.864. The van der Waals surface area contributed by atoms with Crippen LogP contribution in [0.3, 0.4) is 0 Å². The maximum Gasteiger partial charge on any atom is 0.166 e. The topological polar surface area (TPSA) is 35.2 Å². The number of benzene rings is 2. The molecule has 0 aliphatic heterocycles. The molecule has 4 heteroatoms. The summed E-state index contributed by atoms with van der Waals surface area (Å²) in [5, 5.41) is 0. The van der Waals surface area contributed by atoms with E-state index in [9.17, 15) is 4.39 Å². The van der Waals surface area contributed by atoms with Crippen molar-refractivity contribution in [2.24, 2.45) is 5.73 Å². The van der Waals surface area contributed by atoms with Crippen LogP contribution in [-0.2, 0) is 0 Å². The summed E-state index contributed by atoms with van der Waals surface area (Å²) in [6.45, 7) is 3.87. The highest BCUT2D eigenvalue weighted by Gasteiger charge is 2.09. The molecule has 2 aromatic carbocycles. The molecule has 0 aromatic heterocycles. The summed E-state index contributed by atoms with van der Waals surface area (Å²) in [6, 6.07) is 10.2. The van der Waals surface area contributed by atoms with Gasteiger partial charge in [-0.25, -0.2) is 4.39 Å². The first-order valence-corrected chi connectivity index (χ1v) is 6.22. The second-order valence-electron chi connectivity index (χ2n) is 4.38. The Kier molecular flexibility index (Phi) is 3.81. The molecule has 0 amide bonds. The van der Waals surface area contributed by atoms with E-state index >= 15 is 0 Å². The van der Waals surface area contributed by atoms with Crippen molar-refractivity contribution in [2.45, 2.75) is 13.8 Å². The summed E-state index contributed by atoms with van der Waals surface area (Å²) in [6.07, 6.45) is 0. The number of aryl methyl sites for hydroxylation is 2. The average Bonchev–Trinajstić information content (AvgIpc) is 2.36. The highest BCUT2D eigenvalue weighted by Crippen LogP contribution is 2.28. The van der Waals surface area contributed by atoms with Gasteiger partial charge in [0, 0.05) is 5.56 Å². The number of hydrogen-bond acceptors (Lipinski definition) is 2. The first-order chi connectivity index (χ1) is 8.97. The molecule has 19 heavy (non-hydrogen) atoms. The van der Waals surface area contributed by atoms with E-state index in [0.29, 0.717) is 11.3 Å². The van der Waals surface area contributed by atoms with Crippen molar-refractivity contribution in [1.82, 2.24) is 0 Å². The smallest absolute Gasteiger partial charge is 0.166 e. The van der Waals surface area contributed by atoms with Crippen molar-refractivity contribution in [3.8, 4) is 11.5 Å². The maximum atomic E-state index is 13.9. The summed E-state index contributed by atoms with van der Waals surface area (Å²) in [7, 11) is 0. The number of ether oxygens (including phenoxy) is 1. The molecule has 2 rings (SSSR count). The second-order valence-corrected chi connectivity index (χ2v) is 4.82. The van der Waals surface area contributed by atoms with Gasteiger partial charge in [-0.15, -0.1) is 0 Å². The minimum atomic E-state index is -0.480. The highest BCUT2D eigenvalue weighted by atomic mass is 32.1. The lowest BCUT2D eigenvalue weighted by molar-refractivity contribution is 0.439. The van der Waals surface area contributed by atoms with E-state index in [0.717, 1.165) is 11.1 Å². The van der Waals surface area contributed by atoms with E-state index in [1.165, 1.54) is 12.1 Å². The molecule has 0 heterocycles. The molecule has 2 nitrogen and oxygen atoms in total. The third-order valence-electron chi connectivity index (χ3n) is 2.78. The van der Waals surface area contributed by atoms with Gasteiger partial charge in [0.1, 0.15) is 10.7 Å². The summed E-state index contributed by atoms with van der Waals surface area (Å²) >= 11 is 4.80. The van der Waals surface area contributed by atoms with Crippen molar-refractivity contribution in [2.75, 3.05) is 0 Å². The molecule has 0 bridgehead atoms. The zero-order chi connectivity index (χ0) is 14.0. The number of hydrogen-bond donors (Lipinski definition) is 1. The van der Waals surface area contributed by atoms with E-state index in [1.807, 2.05) is 32.0 Å². The molecule has 0 spiro atoms. The molecule has 0 aliphatic carbocycles. The van der Waals surface area contributed by atoms with Crippen LogP contribution in [0.2, 0.25) is 0 Å². The van der Waals surface area contributed by atoms with Gasteiger partial charge in [0.15, 0.2) is 11.6 Å². The van der Waals surface area contributed by atoms with Crippen LogP contribution in [0.25, 0.3) is 0 Å². The van der Waals surface area contributed by atoms with Gasteiger partial charge in [-0.05, 0) is 49.2 Å². The van der Waals surface area contributed by atoms with Crippen LogP contribution in [0.4, 0.5) is 4.39 Å². The number of nitrogens with two attached hydrogens (primary N) is 1. The Hall–Kier alpha value is -1.94. The molecule has 0 atom stereocenters. The molecule has 0 radical (unpaired) electrons. The molecule has 0 fully saturated rings. The lowest BCUT2D eigenvalue weighted by Gasteiger charge is -2.11. The van der Waals surface area contributed by atoms with E-state index < -0.39 is 5.82 Å². The van der Waals surface area contributed by atoms with E-state index in [-0.39, 0.29) is 10.7 Å². The molecule has 0 saturated carbocycles. The zero-order valence-corrected chi connectivity index (χ0v) is 11.6. The number of rotatable bonds is 3. The van der Waals surface area contributed by atoms with Crippen LogP contribution in [-0.4, -0.2) is 4.99 Å². The molecule has 0 unspecified atom stereocenters. The molecule has 2 aromatic rings. The first kappa shape index (κ1) is 13.5. The predicted molar refractivity (Wildman–Crippen MR) is 78.3 cm³/mol. The van der Waals surface area contributed by atoms with E-state index in [4.69, 9.17) is 22.7 Å². The number of halogens is 1. The fraction of sp³-hybridized carbons (Fsp3) is 0.133. The standard InChI is InChI=1S/C15H14FNOS/c1-9-3-4-10(2)14(7-9)18-13-6-5-11(15(17)19)8-12(13)16/h3-8H,1-2H3,(H2,17,19). The van der Waals surface area contributed by atoms with Gasteiger partial charge in [0.05, 0.1) is 0 Å². The minimum absolute atomic E-state index is 0.161. The molecule has 2 N–H and O–H groups in total. The van der Waals surface area contributed by atoms with Gasteiger partial charge in [0.25, 0.3) is 0 Å². The SMILES string of the molecule is Cc1ccc(C)c(Oc2ccc(C(N)=S)cc2F)c1. The third kappa shape index (κ3) is 3.09. The summed E-state index contributed by atoms with van der Waals surface area (Å²) in [5.74, 6) is 0.321. The van der Waals surface area contributed by atoms with Crippen LogP contribution in [0.15, 0.2) is 36.4 Å². The number of thiocarbonyl (C=S) groups is 1. The Morgan fingerprint density at radius 1 is 1.11 bits per heavy atom. The maximum absolute atomic E-state index is 13.9. The molecule has 98 valence electrons. The van der Waals surface area contributed by atoms with Crippen molar-refractivity contribution < 1.29 is 9.13 Å².